The Bertz CT molecular complexity index is 748. The maximum absolute atomic E-state index is 12.5. The van der Waals surface area contributed by atoms with Crippen LogP contribution in [-0.4, -0.2) is 49.8 Å². The van der Waals surface area contributed by atoms with Crippen LogP contribution >= 0.6 is 23.4 Å². The number of thioether (sulfide) groups is 1. The van der Waals surface area contributed by atoms with E-state index in [-0.39, 0.29) is 5.91 Å². The van der Waals surface area contributed by atoms with Crippen LogP contribution < -0.4 is 9.64 Å². The van der Waals surface area contributed by atoms with Gasteiger partial charge in [0, 0.05) is 37.0 Å². The van der Waals surface area contributed by atoms with Crippen molar-refractivity contribution < 1.29 is 9.53 Å². The Morgan fingerprint density at radius 2 is 1.88 bits per heavy atom. The van der Waals surface area contributed by atoms with Crippen molar-refractivity contribution >= 4 is 35.0 Å². The minimum absolute atomic E-state index is 0.205. The zero-order valence-corrected chi connectivity index (χ0v) is 16.4. The summed E-state index contributed by atoms with van der Waals surface area (Å²) in [6.07, 6.45) is 0. The third-order valence-corrected chi connectivity index (χ3v) is 5.67. The lowest BCUT2D eigenvalue weighted by molar-refractivity contribution is -0.128. The number of amides is 1. The molecule has 0 bridgehead atoms. The van der Waals surface area contributed by atoms with Crippen LogP contribution in [0.1, 0.15) is 5.56 Å². The van der Waals surface area contributed by atoms with Crippen molar-refractivity contribution in [3.63, 3.8) is 0 Å². The number of piperazine rings is 1. The molecule has 1 aliphatic heterocycles. The van der Waals surface area contributed by atoms with Crippen molar-refractivity contribution in [3.8, 4) is 5.75 Å². The molecule has 0 unspecified atom stereocenters. The maximum atomic E-state index is 12.5. The fourth-order valence-corrected chi connectivity index (χ4v) is 4.15. The summed E-state index contributed by atoms with van der Waals surface area (Å²) in [7, 11) is 1.69. The van der Waals surface area contributed by atoms with Gasteiger partial charge in [0.15, 0.2) is 0 Å². The lowest BCUT2D eigenvalue weighted by Gasteiger charge is -2.36. The number of hydrogen-bond acceptors (Lipinski definition) is 4. The number of para-hydroxylation sites is 2. The van der Waals surface area contributed by atoms with E-state index >= 15 is 0 Å². The molecule has 0 aliphatic carbocycles. The standard InChI is InChI=1S/C20H23ClN2O2S/c1-25-19-8-3-2-7-18(19)22-9-11-23(12-10-22)20(24)15-26-14-16-5-4-6-17(21)13-16/h2-8,13H,9-12,14-15H2,1H3. The van der Waals surface area contributed by atoms with Gasteiger partial charge >= 0.3 is 0 Å². The summed E-state index contributed by atoms with van der Waals surface area (Å²) in [5.74, 6) is 2.38. The number of halogens is 1. The molecule has 3 rings (SSSR count). The van der Waals surface area contributed by atoms with Crippen LogP contribution in [0.15, 0.2) is 48.5 Å². The van der Waals surface area contributed by atoms with Gasteiger partial charge in [-0.05, 0) is 29.8 Å². The topological polar surface area (TPSA) is 32.8 Å². The Labute approximate surface area is 164 Å². The number of carbonyl (C=O) groups excluding carboxylic acids is 1. The number of methoxy groups -OCH3 is 1. The quantitative estimate of drug-likeness (QED) is 0.748. The zero-order chi connectivity index (χ0) is 18.4. The van der Waals surface area contributed by atoms with Gasteiger partial charge in [-0.3, -0.25) is 4.79 Å². The Morgan fingerprint density at radius 1 is 1.12 bits per heavy atom. The second-order valence-corrected chi connectivity index (χ2v) is 7.58. The van der Waals surface area contributed by atoms with E-state index in [0.717, 1.165) is 54.0 Å². The summed E-state index contributed by atoms with van der Waals surface area (Å²) in [5, 5.41) is 0.738. The van der Waals surface area contributed by atoms with Crippen LogP contribution in [0.5, 0.6) is 5.75 Å². The Morgan fingerprint density at radius 3 is 2.62 bits per heavy atom. The molecule has 26 heavy (non-hydrogen) atoms. The summed E-state index contributed by atoms with van der Waals surface area (Å²) in [6.45, 7) is 3.14. The molecular formula is C20H23ClN2O2S. The second-order valence-electron chi connectivity index (χ2n) is 6.16. The molecule has 0 atom stereocenters. The third kappa shape index (κ3) is 4.86. The van der Waals surface area contributed by atoms with E-state index in [0.29, 0.717) is 5.75 Å². The monoisotopic (exact) mass is 390 g/mol. The van der Waals surface area contributed by atoms with Gasteiger partial charge in [0.05, 0.1) is 18.6 Å². The number of benzene rings is 2. The highest BCUT2D eigenvalue weighted by Crippen LogP contribution is 2.28. The molecule has 4 nitrogen and oxygen atoms in total. The fourth-order valence-electron chi connectivity index (χ4n) is 3.06. The first-order chi connectivity index (χ1) is 12.7. The SMILES string of the molecule is COc1ccccc1N1CCN(C(=O)CSCc2cccc(Cl)c2)CC1. The van der Waals surface area contributed by atoms with Crippen molar-refractivity contribution in [2.24, 2.45) is 0 Å². The van der Waals surface area contributed by atoms with Crippen LogP contribution in [0.2, 0.25) is 5.02 Å². The number of nitrogens with zero attached hydrogens (tertiary/aromatic N) is 2. The van der Waals surface area contributed by atoms with E-state index in [2.05, 4.69) is 11.0 Å². The molecule has 1 fully saturated rings. The number of rotatable bonds is 6. The minimum atomic E-state index is 0.205. The zero-order valence-electron chi connectivity index (χ0n) is 14.9. The fraction of sp³-hybridized carbons (Fsp3) is 0.350. The summed E-state index contributed by atoms with van der Waals surface area (Å²) in [6, 6.07) is 15.8. The summed E-state index contributed by atoms with van der Waals surface area (Å²) >= 11 is 7.63. The van der Waals surface area contributed by atoms with E-state index in [1.54, 1.807) is 18.9 Å². The van der Waals surface area contributed by atoms with E-state index in [1.165, 1.54) is 0 Å². The van der Waals surface area contributed by atoms with Crippen molar-refractivity contribution in [2.75, 3.05) is 43.9 Å². The predicted molar refractivity (Wildman–Crippen MR) is 109 cm³/mol. The van der Waals surface area contributed by atoms with Crippen LogP contribution in [0, 0.1) is 0 Å². The lowest BCUT2D eigenvalue weighted by Crippen LogP contribution is -2.49. The third-order valence-electron chi connectivity index (χ3n) is 4.44. The van der Waals surface area contributed by atoms with Crippen LogP contribution in [0.3, 0.4) is 0 Å². The van der Waals surface area contributed by atoms with E-state index in [4.69, 9.17) is 16.3 Å². The average molecular weight is 391 g/mol. The van der Waals surface area contributed by atoms with Crippen molar-refractivity contribution in [1.29, 1.82) is 0 Å². The van der Waals surface area contributed by atoms with Gasteiger partial charge in [0.25, 0.3) is 0 Å². The van der Waals surface area contributed by atoms with Crippen molar-refractivity contribution in [2.45, 2.75) is 5.75 Å². The number of ether oxygens (including phenoxy) is 1. The van der Waals surface area contributed by atoms with Crippen LogP contribution in [0.4, 0.5) is 5.69 Å². The first-order valence-corrected chi connectivity index (χ1v) is 10.2. The van der Waals surface area contributed by atoms with Gasteiger partial charge in [0.2, 0.25) is 5.91 Å². The number of carbonyl (C=O) groups is 1. The molecule has 0 spiro atoms. The van der Waals surface area contributed by atoms with E-state index in [1.807, 2.05) is 47.4 Å². The number of anilines is 1. The summed E-state index contributed by atoms with van der Waals surface area (Å²) < 4.78 is 5.44. The van der Waals surface area contributed by atoms with Crippen LogP contribution in [-0.2, 0) is 10.5 Å². The molecule has 0 radical (unpaired) electrons. The summed E-state index contributed by atoms with van der Waals surface area (Å²) in [4.78, 5) is 16.7. The Balaban J connectivity index is 1.46. The molecule has 2 aromatic carbocycles. The molecule has 0 N–H and O–H groups in total. The molecule has 1 heterocycles. The molecule has 6 heteroatoms. The highest BCUT2D eigenvalue weighted by atomic mass is 35.5. The molecule has 1 aliphatic rings. The Kier molecular flexibility index (Phi) is 6.69. The molecule has 1 amide bonds. The van der Waals surface area contributed by atoms with Gasteiger partial charge in [0.1, 0.15) is 5.75 Å². The first kappa shape index (κ1) is 18.9. The van der Waals surface area contributed by atoms with E-state index < -0.39 is 0 Å². The van der Waals surface area contributed by atoms with E-state index in [9.17, 15) is 4.79 Å². The molecular weight excluding hydrogens is 368 g/mol. The normalized spacial score (nSPS) is 14.4. The molecule has 2 aromatic rings. The average Bonchev–Trinajstić information content (AvgIpc) is 2.68. The molecule has 1 saturated heterocycles. The van der Waals surface area contributed by atoms with Gasteiger partial charge in [-0.25, -0.2) is 0 Å². The highest BCUT2D eigenvalue weighted by Gasteiger charge is 2.22. The molecule has 0 saturated carbocycles. The minimum Gasteiger partial charge on any atom is -0.495 e. The van der Waals surface area contributed by atoms with Gasteiger partial charge in [-0.15, -0.1) is 11.8 Å². The van der Waals surface area contributed by atoms with Gasteiger partial charge in [-0.1, -0.05) is 35.9 Å². The Hall–Kier alpha value is -1.85. The molecule has 138 valence electrons. The largest absolute Gasteiger partial charge is 0.495 e. The van der Waals surface area contributed by atoms with Crippen LogP contribution in [0.25, 0.3) is 0 Å². The predicted octanol–water partition coefficient (Wildman–Crippen LogP) is 3.93. The van der Waals surface area contributed by atoms with Gasteiger partial charge in [-0.2, -0.15) is 0 Å². The molecule has 0 aromatic heterocycles. The summed E-state index contributed by atoms with van der Waals surface area (Å²) in [5.41, 5.74) is 2.24. The maximum Gasteiger partial charge on any atom is 0.232 e. The van der Waals surface area contributed by atoms with Crippen molar-refractivity contribution in [3.05, 3.63) is 59.1 Å². The smallest absolute Gasteiger partial charge is 0.232 e. The lowest BCUT2D eigenvalue weighted by atomic mass is 10.2. The second kappa shape index (κ2) is 9.19. The number of hydrogen-bond donors (Lipinski definition) is 0. The van der Waals surface area contributed by atoms with Crippen molar-refractivity contribution in [1.82, 2.24) is 4.90 Å². The highest BCUT2D eigenvalue weighted by molar-refractivity contribution is 7.99. The van der Waals surface area contributed by atoms with Gasteiger partial charge < -0.3 is 14.5 Å². The first-order valence-electron chi connectivity index (χ1n) is 8.65.